The van der Waals surface area contributed by atoms with Crippen molar-refractivity contribution in [2.24, 2.45) is 17.1 Å². The summed E-state index contributed by atoms with van der Waals surface area (Å²) < 4.78 is 0. The number of Topliss-reactive ketones (excluding diaryl/α,β-unsaturated/α-hetero) is 1. The van der Waals surface area contributed by atoms with Gasteiger partial charge in [0.05, 0.1) is 0 Å². The van der Waals surface area contributed by atoms with Gasteiger partial charge in [-0.05, 0) is 18.8 Å². The van der Waals surface area contributed by atoms with Crippen LogP contribution in [-0.4, -0.2) is 18.2 Å². The molecular formula is C12H20N2O2. The Labute approximate surface area is 96.3 Å². The molecule has 1 amide bonds. The van der Waals surface area contributed by atoms with Gasteiger partial charge < -0.3 is 11.1 Å². The molecule has 4 heteroatoms. The van der Waals surface area contributed by atoms with Gasteiger partial charge in [0.15, 0.2) is 5.78 Å². The Morgan fingerprint density at radius 3 is 2.50 bits per heavy atom. The van der Waals surface area contributed by atoms with Crippen LogP contribution in [-0.2, 0) is 9.59 Å². The number of carbonyl (C=O) groups is 2. The molecule has 90 valence electrons. The van der Waals surface area contributed by atoms with E-state index in [4.69, 9.17) is 5.73 Å². The van der Waals surface area contributed by atoms with Crippen molar-refractivity contribution in [3.63, 3.8) is 0 Å². The van der Waals surface area contributed by atoms with Gasteiger partial charge in [0.2, 0.25) is 5.91 Å². The molecule has 4 nitrogen and oxygen atoms in total. The highest BCUT2D eigenvalue weighted by Crippen LogP contribution is 2.36. The summed E-state index contributed by atoms with van der Waals surface area (Å²) in [5.41, 5.74) is 5.12. The van der Waals surface area contributed by atoms with E-state index in [1.807, 2.05) is 20.8 Å². The quantitative estimate of drug-likeness (QED) is 0.699. The Balaban J connectivity index is 3.11. The van der Waals surface area contributed by atoms with E-state index in [1.54, 1.807) is 0 Å². The van der Waals surface area contributed by atoms with Gasteiger partial charge in [0.1, 0.15) is 5.41 Å². The normalized spacial score (nSPS) is 25.7. The number of ketones is 1. The van der Waals surface area contributed by atoms with Crippen molar-refractivity contribution in [2.75, 3.05) is 6.54 Å². The topological polar surface area (TPSA) is 72.2 Å². The second-order valence-electron chi connectivity index (χ2n) is 4.71. The second kappa shape index (κ2) is 4.78. The Morgan fingerprint density at radius 1 is 1.44 bits per heavy atom. The van der Waals surface area contributed by atoms with Crippen LogP contribution in [0.5, 0.6) is 0 Å². The molecule has 0 fully saturated rings. The van der Waals surface area contributed by atoms with Gasteiger partial charge in [-0.1, -0.05) is 20.8 Å². The van der Waals surface area contributed by atoms with Gasteiger partial charge >= 0.3 is 0 Å². The largest absolute Gasteiger partial charge is 0.331 e. The van der Waals surface area contributed by atoms with Crippen LogP contribution in [0.3, 0.4) is 0 Å². The Kier molecular flexibility index (Phi) is 3.86. The first-order valence-electron chi connectivity index (χ1n) is 5.72. The highest BCUT2D eigenvalue weighted by Gasteiger charge is 2.47. The molecule has 1 aliphatic heterocycles. The first kappa shape index (κ1) is 12.9. The predicted octanol–water partition coefficient (Wildman–Crippen LogP) is 0.970. The van der Waals surface area contributed by atoms with E-state index in [-0.39, 0.29) is 18.2 Å². The van der Waals surface area contributed by atoms with Gasteiger partial charge in [0, 0.05) is 18.3 Å². The molecule has 0 bridgehead atoms. The van der Waals surface area contributed by atoms with E-state index in [0.717, 1.165) is 0 Å². The van der Waals surface area contributed by atoms with Crippen LogP contribution in [0.4, 0.5) is 0 Å². The van der Waals surface area contributed by atoms with E-state index >= 15 is 0 Å². The van der Waals surface area contributed by atoms with Crippen LogP contribution in [0, 0.1) is 11.3 Å². The lowest BCUT2D eigenvalue weighted by atomic mass is 9.70. The number of rotatable bonds is 4. The summed E-state index contributed by atoms with van der Waals surface area (Å²) >= 11 is 0. The van der Waals surface area contributed by atoms with Crippen molar-refractivity contribution in [2.45, 2.75) is 33.6 Å². The summed E-state index contributed by atoms with van der Waals surface area (Å²) in [5.74, 6) is 0.00706. The maximum atomic E-state index is 12.2. The molecule has 0 aromatic heterocycles. The van der Waals surface area contributed by atoms with Gasteiger partial charge in [-0.3, -0.25) is 9.59 Å². The molecule has 1 unspecified atom stereocenters. The number of carbonyl (C=O) groups excluding carboxylic acids is 2. The summed E-state index contributed by atoms with van der Waals surface area (Å²) in [6.45, 7) is 6.08. The molecule has 0 radical (unpaired) electrons. The molecule has 16 heavy (non-hydrogen) atoms. The van der Waals surface area contributed by atoms with Gasteiger partial charge in [-0.2, -0.15) is 0 Å². The standard InChI is InChI=1S/C12H20N2O2/c1-4-12(5-8(2)3)10(15)9(6-13)7-14-11(12)16/h7-8H,4-6,13H2,1-3H3,(H,14,16). The summed E-state index contributed by atoms with van der Waals surface area (Å²) in [4.78, 5) is 24.2. The summed E-state index contributed by atoms with van der Waals surface area (Å²) in [7, 11) is 0. The molecule has 1 atom stereocenters. The van der Waals surface area contributed by atoms with Crippen LogP contribution in [0.15, 0.2) is 11.8 Å². The SMILES string of the molecule is CCC1(CC(C)C)C(=O)NC=C(CN)C1=O. The van der Waals surface area contributed by atoms with E-state index in [9.17, 15) is 9.59 Å². The van der Waals surface area contributed by atoms with Crippen molar-refractivity contribution < 1.29 is 9.59 Å². The number of nitrogens with two attached hydrogens (primary N) is 1. The molecule has 0 aromatic rings. The Morgan fingerprint density at radius 2 is 2.06 bits per heavy atom. The average molecular weight is 224 g/mol. The lowest BCUT2D eigenvalue weighted by Gasteiger charge is -2.34. The summed E-state index contributed by atoms with van der Waals surface area (Å²) in [6.07, 6.45) is 2.54. The van der Waals surface area contributed by atoms with Crippen molar-refractivity contribution in [3.05, 3.63) is 11.8 Å². The number of hydrogen-bond acceptors (Lipinski definition) is 3. The minimum Gasteiger partial charge on any atom is -0.331 e. The maximum absolute atomic E-state index is 12.2. The molecule has 0 saturated heterocycles. The fraction of sp³-hybridized carbons (Fsp3) is 0.667. The van der Waals surface area contributed by atoms with Crippen LogP contribution in [0.1, 0.15) is 33.6 Å². The van der Waals surface area contributed by atoms with Crippen molar-refractivity contribution in [3.8, 4) is 0 Å². The third-order valence-corrected chi connectivity index (χ3v) is 3.12. The van der Waals surface area contributed by atoms with Crippen LogP contribution < -0.4 is 11.1 Å². The van der Waals surface area contributed by atoms with Crippen LogP contribution >= 0.6 is 0 Å². The number of nitrogens with one attached hydrogen (secondary N) is 1. The fourth-order valence-electron chi connectivity index (χ4n) is 2.27. The molecule has 0 saturated carbocycles. The minimum absolute atomic E-state index is 0.102. The van der Waals surface area contributed by atoms with Crippen molar-refractivity contribution >= 4 is 11.7 Å². The smallest absolute Gasteiger partial charge is 0.237 e. The number of hydrogen-bond donors (Lipinski definition) is 2. The molecule has 3 N–H and O–H groups in total. The highest BCUT2D eigenvalue weighted by atomic mass is 16.2. The fourth-order valence-corrected chi connectivity index (χ4v) is 2.27. The predicted molar refractivity (Wildman–Crippen MR) is 62.5 cm³/mol. The van der Waals surface area contributed by atoms with Crippen LogP contribution in [0.2, 0.25) is 0 Å². The van der Waals surface area contributed by atoms with Gasteiger partial charge in [-0.15, -0.1) is 0 Å². The van der Waals surface area contributed by atoms with E-state index < -0.39 is 5.41 Å². The number of amides is 1. The molecule has 1 heterocycles. The lowest BCUT2D eigenvalue weighted by Crippen LogP contribution is -2.50. The minimum atomic E-state index is -0.905. The lowest BCUT2D eigenvalue weighted by molar-refractivity contribution is -0.142. The van der Waals surface area contributed by atoms with E-state index in [2.05, 4.69) is 5.32 Å². The molecule has 1 rings (SSSR count). The Bertz CT molecular complexity index is 334. The third-order valence-electron chi connectivity index (χ3n) is 3.12. The maximum Gasteiger partial charge on any atom is 0.237 e. The zero-order valence-electron chi connectivity index (χ0n) is 10.2. The van der Waals surface area contributed by atoms with Crippen molar-refractivity contribution in [1.29, 1.82) is 0 Å². The first-order valence-corrected chi connectivity index (χ1v) is 5.72. The summed E-state index contributed by atoms with van der Waals surface area (Å²) in [6, 6.07) is 0. The summed E-state index contributed by atoms with van der Waals surface area (Å²) in [5, 5.41) is 2.66. The monoisotopic (exact) mass is 224 g/mol. The molecular weight excluding hydrogens is 204 g/mol. The molecule has 0 spiro atoms. The van der Waals surface area contributed by atoms with E-state index in [1.165, 1.54) is 6.20 Å². The van der Waals surface area contributed by atoms with Gasteiger partial charge in [-0.25, -0.2) is 0 Å². The molecule has 0 aromatic carbocycles. The zero-order chi connectivity index (χ0) is 12.3. The van der Waals surface area contributed by atoms with Crippen molar-refractivity contribution in [1.82, 2.24) is 5.32 Å². The zero-order valence-corrected chi connectivity index (χ0v) is 10.2. The van der Waals surface area contributed by atoms with E-state index in [0.29, 0.717) is 24.3 Å². The van der Waals surface area contributed by atoms with Gasteiger partial charge in [0.25, 0.3) is 0 Å². The Hall–Kier alpha value is -1.16. The highest BCUT2D eigenvalue weighted by molar-refractivity contribution is 6.16. The average Bonchev–Trinajstić information content (AvgIpc) is 2.24. The molecule has 1 aliphatic rings. The second-order valence-corrected chi connectivity index (χ2v) is 4.71. The first-order chi connectivity index (χ1) is 7.47. The molecule has 0 aliphatic carbocycles. The van der Waals surface area contributed by atoms with Crippen LogP contribution in [0.25, 0.3) is 0 Å². The third kappa shape index (κ3) is 2.02.